The van der Waals surface area contributed by atoms with Gasteiger partial charge in [-0.1, -0.05) is 12.1 Å². The molecule has 1 heterocycles. The van der Waals surface area contributed by atoms with Gasteiger partial charge in [-0.2, -0.15) is 10.4 Å². The van der Waals surface area contributed by atoms with Crippen molar-refractivity contribution in [2.24, 2.45) is 0 Å². The molecule has 0 saturated heterocycles. The van der Waals surface area contributed by atoms with Gasteiger partial charge in [-0.15, -0.1) is 0 Å². The number of hydrogen-bond acceptors (Lipinski definition) is 5. The first kappa shape index (κ1) is 17.2. The molecule has 2 rings (SSSR count). The van der Waals surface area contributed by atoms with Gasteiger partial charge in [0.05, 0.1) is 22.5 Å². The van der Waals surface area contributed by atoms with Crippen molar-refractivity contribution in [1.29, 1.82) is 5.26 Å². The molecule has 0 aliphatic heterocycles. The van der Waals surface area contributed by atoms with Gasteiger partial charge in [0, 0.05) is 17.9 Å². The van der Waals surface area contributed by atoms with Crippen LogP contribution in [0, 0.1) is 11.3 Å². The van der Waals surface area contributed by atoms with Gasteiger partial charge in [-0.25, -0.2) is 4.68 Å². The Hall–Kier alpha value is -2.14. The van der Waals surface area contributed by atoms with Gasteiger partial charge >= 0.3 is 7.12 Å². The van der Waals surface area contributed by atoms with E-state index in [1.54, 1.807) is 52.1 Å². The van der Waals surface area contributed by atoms with E-state index < -0.39 is 18.3 Å². The highest BCUT2D eigenvalue weighted by atomic mass is 16.5. The van der Waals surface area contributed by atoms with E-state index in [-0.39, 0.29) is 0 Å². The van der Waals surface area contributed by atoms with E-state index in [0.29, 0.717) is 16.7 Å². The summed E-state index contributed by atoms with van der Waals surface area (Å²) in [6.45, 7) is 6.63. The van der Waals surface area contributed by atoms with Gasteiger partial charge in [-0.3, -0.25) is 0 Å². The Morgan fingerprint density at radius 1 is 1.26 bits per heavy atom. The van der Waals surface area contributed by atoms with E-state index in [1.165, 1.54) is 10.9 Å². The fraction of sp³-hybridized carbons (Fsp3) is 0.375. The molecule has 0 atom stereocenters. The molecule has 1 aromatic carbocycles. The van der Waals surface area contributed by atoms with E-state index >= 15 is 0 Å². The molecular weight excluding hydrogens is 293 g/mol. The van der Waals surface area contributed by atoms with Gasteiger partial charge in [0.2, 0.25) is 0 Å². The topological polar surface area (TPSA) is 91.3 Å². The summed E-state index contributed by atoms with van der Waals surface area (Å²) in [5, 5.41) is 33.7. The first-order chi connectivity index (χ1) is 10.7. The molecule has 0 saturated carbocycles. The Morgan fingerprint density at radius 2 is 1.91 bits per heavy atom. The van der Waals surface area contributed by atoms with Gasteiger partial charge in [0.25, 0.3) is 0 Å². The molecule has 0 aliphatic rings. The maximum atomic E-state index is 10.3. The molecule has 6 nitrogen and oxygen atoms in total. The predicted octanol–water partition coefficient (Wildman–Crippen LogP) is 0.998. The van der Waals surface area contributed by atoms with Crippen LogP contribution in [0.5, 0.6) is 0 Å². The monoisotopic (exact) mass is 313 g/mol. The Balaban J connectivity index is 2.24. The van der Waals surface area contributed by atoms with E-state index in [1.807, 2.05) is 6.07 Å². The molecule has 1 aromatic heterocycles. The molecule has 0 radical (unpaired) electrons. The minimum Gasteiger partial charge on any atom is -0.423 e. The zero-order valence-electron chi connectivity index (χ0n) is 13.7. The van der Waals surface area contributed by atoms with Crippen LogP contribution in [0.1, 0.15) is 33.3 Å². The SMILES string of the molecule is CC(C)(O)C(C)(C)OB(O)c1cnn(-c2ccccc2C#N)c1. The van der Waals surface area contributed by atoms with Crippen molar-refractivity contribution < 1.29 is 14.8 Å². The van der Waals surface area contributed by atoms with Crippen LogP contribution in [0.25, 0.3) is 5.69 Å². The molecule has 2 aromatic rings. The number of rotatable bonds is 5. The van der Waals surface area contributed by atoms with Crippen LogP contribution in [0.4, 0.5) is 0 Å². The Labute approximate surface area is 136 Å². The normalized spacial score (nSPS) is 12.0. The van der Waals surface area contributed by atoms with Crippen molar-refractivity contribution in [3.8, 4) is 11.8 Å². The lowest BCUT2D eigenvalue weighted by Gasteiger charge is -2.38. The number of aliphatic hydroxyl groups is 1. The Bertz CT molecular complexity index is 729. The molecule has 120 valence electrons. The fourth-order valence-corrected chi connectivity index (χ4v) is 1.86. The second kappa shape index (κ2) is 6.16. The summed E-state index contributed by atoms with van der Waals surface area (Å²) in [6.07, 6.45) is 3.07. The van der Waals surface area contributed by atoms with Crippen LogP contribution in [0.15, 0.2) is 36.7 Å². The highest BCUT2D eigenvalue weighted by Crippen LogP contribution is 2.25. The standard InChI is InChI=1S/C16H20BN3O3/c1-15(2,21)16(3,4)23-17(22)13-10-19-20(11-13)14-8-6-5-7-12(14)9-18/h5-8,10-11,21-22H,1-4H3. The number of para-hydroxylation sites is 1. The third-order valence-electron chi connectivity index (χ3n) is 4.04. The maximum absolute atomic E-state index is 10.3. The number of aromatic nitrogens is 2. The fourth-order valence-electron chi connectivity index (χ4n) is 1.86. The largest absolute Gasteiger partial charge is 0.494 e. The first-order valence-corrected chi connectivity index (χ1v) is 7.28. The highest BCUT2D eigenvalue weighted by molar-refractivity contribution is 6.59. The van der Waals surface area contributed by atoms with Crippen molar-refractivity contribution in [3.63, 3.8) is 0 Å². The van der Waals surface area contributed by atoms with Crippen LogP contribution >= 0.6 is 0 Å². The predicted molar refractivity (Wildman–Crippen MR) is 87.3 cm³/mol. The quantitative estimate of drug-likeness (QED) is 0.804. The van der Waals surface area contributed by atoms with E-state index in [0.717, 1.165) is 0 Å². The zero-order valence-corrected chi connectivity index (χ0v) is 13.7. The number of hydrogen-bond donors (Lipinski definition) is 2. The molecule has 0 spiro atoms. The lowest BCUT2D eigenvalue weighted by molar-refractivity contribution is -0.0982. The van der Waals surface area contributed by atoms with Crippen LogP contribution in [-0.4, -0.2) is 38.2 Å². The van der Waals surface area contributed by atoms with Gasteiger partial charge in [0.1, 0.15) is 6.07 Å². The lowest BCUT2D eigenvalue weighted by atomic mass is 9.78. The third-order valence-corrected chi connectivity index (χ3v) is 4.04. The second-order valence-corrected chi connectivity index (χ2v) is 6.39. The number of nitriles is 1. The molecule has 0 unspecified atom stereocenters. The van der Waals surface area contributed by atoms with Gasteiger partial charge in [-0.05, 0) is 39.8 Å². The van der Waals surface area contributed by atoms with Crippen molar-refractivity contribution in [2.75, 3.05) is 0 Å². The van der Waals surface area contributed by atoms with Crippen molar-refractivity contribution in [2.45, 2.75) is 38.9 Å². The highest BCUT2D eigenvalue weighted by Gasteiger charge is 2.39. The third kappa shape index (κ3) is 3.62. The molecule has 23 heavy (non-hydrogen) atoms. The van der Waals surface area contributed by atoms with Gasteiger partial charge < -0.3 is 14.8 Å². The molecule has 0 fully saturated rings. The average molecular weight is 313 g/mol. The van der Waals surface area contributed by atoms with Crippen LogP contribution in [0.2, 0.25) is 0 Å². The van der Waals surface area contributed by atoms with E-state index in [4.69, 9.17) is 9.92 Å². The van der Waals surface area contributed by atoms with Crippen LogP contribution in [0.3, 0.4) is 0 Å². The molecule has 0 aliphatic carbocycles. The summed E-state index contributed by atoms with van der Waals surface area (Å²) in [5.41, 5.74) is -0.546. The van der Waals surface area contributed by atoms with Crippen LogP contribution in [-0.2, 0) is 4.65 Å². The summed E-state index contributed by atoms with van der Waals surface area (Å²) in [7, 11) is -1.24. The molecule has 0 bridgehead atoms. The van der Waals surface area contributed by atoms with Crippen molar-refractivity contribution >= 4 is 12.6 Å². The summed E-state index contributed by atoms with van der Waals surface area (Å²) in [6, 6.07) is 9.15. The zero-order chi connectivity index (χ0) is 17.3. The summed E-state index contributed by atoms with van der Waals surface area (Å²) in [5.74, 6) is 0. The molecule has 2 N–H and O–H groups in total. The summed E-state index contributed by atoms with van der Waals surface area (Å²) in [4.78, 5) is 0. The minimum atomic E-state index is -1.24. The molecule has 7 heteroatoms. The number of nitrogens with zero attached hydrogens (tertiary/aromatic N) is 3. The van der Waals surface area contributed by atoms with Gasteiger partial charge in [0.15, 0.2) is 0 Å². The second-order valence-electron chi connectivity index (χ2n) is 6.39. The molecule has 0 amide bonds. The maximum Gasteiger partial charge on any atom is 0.494 e. The summed E-state index contributed by atoms with van der Waals surface area (Å²) < 4.78 is 7.09. The minimum absolute atomic E-state index is 0.440. The average Bonchev–Trinajstić information content (AvgIpc) is 2.95. The Kier molecular flexibility index (Phi) is 4.62. The van der Waals surface area contributed by atoms with E-state index in [2.05, 4.69) is 11.2 Å². The number of benzene rings is 1. The van der Waals surface area contributed by atoms with Crippen LogP contribution < -0.4 is 5.46 Å². The summed E-state index contributed by atoms with van der Waals surface area (Å²) >= 11 is 0. The van der Waals surface area contributed by atoms with Crippen molar-refractivity contribution in [1.82, 2.24) is 9.78 Å². The van der Waals surface area contributed by atoms with E-state index in [9.17, 15) is 10.1 Å². The first-order valence-electron chi connectivity index (χ1n) is 7.28. The lowest BCUT2D eigenvalue weighted by Crippen LogP contribution is -2.53. The molecular formula is C16H20BN3O3. The Morgan fingerprint density at radius 3 is 2.52 bits per heavy atom. The van der Waals surface area contributed by atoms with Crippen molar-refractivity contribution in [3.05, 3.63) is 42.2 Å². The smallest absolute Gasteiger partial charge is 0.423 e.